The molecule has 0 spiro atoms. The molecule has 1 aromatic carbocycles. The van der Waals surface area contributed by atoms with Gasteiger partial charge in [0.05, 0.1) is 17.6 Å². The Labute approximate surface area is 127 Å². The molecule has 0 aliphatic rings. The Balaban J connectivity index is 2.76. The molecule has 0 aliphatic carbocycles. The summed E-state index contributed by atoms with van der Waals surface area (Å²) in [7, 11) is -1.58. The third-order valence-corrected chi connectivity index (χ3v) is 5.79. The van der Waals surface area contributed by atoms with Crippen molar-refractivity contribution in [2.45, 2.75) is 31.9 Å². The van der Waals surface area contributed by atoms with E-state index in [9.17, 15) is 8.42 Å². The maximum atomic E-state index is 12.0. The predicted octanol–water partition coefficient (Wildman–Crippen LogP) is 1.79. The summed E-state index contributed by atoms with van der Waals surface area (Å²) < 4.78 is 34.1. The molecular weight excluding hydrogens is 290 g/mol. The van der Waals surface area contributed by atoms with E-state index < -0.39 is 14.6 Å². The van der Waals surface area contributed by atoms with Gasteiger partial charge in [-0.25, -0.2) is 8.42 Å². The number of ether oxygens (including phenoxy) is 2. The van der Waals surface area contributed by atoms with Gasteiger partial charge in [-0.15, -0.1) is 0 Å². The molecule has 0 aromatic heterocycles. The van der Waals surface area contributed by atoms with Crippen LogP contribution in [0.4, 0.5) is 0 Å². The van der Waals surface area contributed by atoms with E-state index in [4.69, 9.17) is 15.2 Å². The van der Waals surface area contributed by atoms with E-state index >= 15 is 0 Å². The van der Waals surface area contributed by atoms with Crippen molar-refractivity contribution in [2.75, 3.05) is 26.0 Å². The van der Waals surface area contributed by atoms with Crippen LogP contribution in [0.15, 0.2) is 18.2 Å². The van der Waals surface area contributed by atoms with Crippen molar-refractivity contribution in [3.8, 4) is 11.5 Å². The molecule has 0 aliphatic heterocycles. The highest BCUT2D eigenvalue weighted by molar-refractivity contribution is 7.92. The van der Waals surface area contributed by atoms with Crippen molar-refractivity contribution in [3.05, 3.63) is 23.8 Å². The molecule has 6 heteroatoms. The average molecular weight is 315 g/mol. The standard InChI is InChI=1S/C15H25NO4S/c1-15(2,3)21(17,18)10-9-20-14-6-5-13(19-4)11-12(14)7-8-16/h5-6,11H,7-10,16H2,1-4H3. The topological polar surface area (TPSA) is 78.6 Å². The van der Waals surface area contributed by atoms with Gasteiger partial charge in [0.2, 0.25) is 0 Å². The van der Waals surface area contributed by atoms with Crippen LogP contribution in [0.1, 0.15) is 26.3 Å². The summed E-state index contributed by atoms with van der Waals surface area (Å²) in [6.45, 7) is 5.69. The van der Waals surface area contributed by atoms with Crippen LogP contribution in [0.2, 0.25) is 0 Å². The largest absolute Gasteiger partial charge is 0.497 e. The van der Waals surface area contributed by atoms with E-state index in [0.29, 0.717) is 18.7 Å². The first kappa shape index (κ1) is 17.8. The highest BCUT2D eigenvalue weighted by Gasteiger charge is 2.28. The summed E-state index contributed by atoms with van der Waals surface area (Å²) in [6, 6.07) is 5.43. The Morgan fingerprint density at radius 3 is 2.43 bits per heavy atom. The first-order valence-corrected chi connectivity index (χ1v) is 8.58. The van der Waals surface area contributed by atoms with E-state index in [1.165, 1.54) is 0 Å². The lowest BCUT2D eigenvalue weighted by molar-refractivity contribution is 0.334. The number of nitrogens with two attached hydrogens (primary N) is 1. The van der Waals surface area contributed by atoms with Crippen molar-refractivity contribution in [3.63, 3.8) is 0 Å². The molecule has 0 saturated carbocycles. The monoisotopic (exact) mass is 315 g/mol. The second-order valence-electron chi connectivity index (χ2n) is 5.79. The number of hydrogen-bond acceptors (Lipinski definition) is 5. The van der Waals surface area contributed by atoms with Crippen LogP contribution in [0.5, 0.6) is 11.5 Å². The molecule has 0 bridgehead atoms. The van der Waals surface area contributed by atoms with Crippen LogP contribution in [-0.2, 0) is 16.3 Å². The molecule has 2 N–H and O–H groups in total. The molecule has 1 rings (SSSR count). The van der Waals surface area contributed by atoms with Crippen molar-refractivity contribution in [1.29, 1.82) is 0 Å². The van der Waals surface area contributed by atoms with Crippen LogP contribution in [0, 0.1) is 0 Å². The van der Waals surface area contributed by atoms with E-state index in [1.54, 1.807) is 40.0 Å². The molecule has 0 fully saturated rings. The van der Waals surface area contributed by atoms with E-state index in [-0.39, 0.29) is 12.4 Å². The lowest BCUT2D eigenvalue weighted by Gasteiger charge is -2.19. The zero-order chi connectivity index (χ0) is 16.1. The van der Waals surface area contributed by atoms with Crippen molar-refractivity contribution in [1.82, 2.24) is 0 Å². The minimum absolute atomic E-state index is 0.00933. The maximum Gasteiger partial charge on any atom is 0.158 e. The van der Waals surface area contributed by atoms with Gasteiger partial charge in [0, 0.05) is 0 Å². The van der Waals surface area contributed by atoms with Crippen molar-refractivity contribution >= 4 is 9.84 Å². The molecule has 5 nitrogen and oxygen atoms in total. The van der Waals surface area contributed by atoms with Gasteiger partial charge in [-0.2, -0.15) is 0 Å². The van der Waals surface area contributed by atoms with E-state index in [2.05, 4.69) is 0 Å². The van der Waals surface area contributed by atoms with E-state index in [0.717, 1.165) is 11.3 Å². The third-order valence-electron chi connectivity index (χ3n) is 3.22. The summed E-state index contributed by atoms with van der Waals surface area (Å²) in [4.78, 5) is 0. The zero-order valence-corrected chi connectivity index (χ0v) is 14.0. The quantitative estimate of drug-likeness (QED) is 0.830. The molecule has 21 heavy (non-hydrogen) atoms. The predicted molar refractivity (Wildman–Crippen MR) is 84.8 cm³/mol. The Kier molecular flexibility index (Phi) is 6.04. The zero-order valence-electron chi connectivity index (χ0n) is 13.2. The summed E-state index contributed by atoms with van der Waals surface area (Å²) in [5, 5.41) is 0. The smallest absolute Gasteiger partial charge is 0.158 e. The molecule has 0 amide bonds. The summed E-state index contributed by atoms with van der Waals surface area (Å²) >= 11 is 0. The Bertz CT molecular complexity index is 562. The molecule has 1 aromatic rings. The normalized spacial score (nSPS) is 12.2. The second kappa shape index (κ2) is 7.13. The lowest BCUT2D eigenvalue weighted by atomic mass is 10.1. The highest BCUT2D eigenvalue weighted by atomic mass is 32.2. The molecule has 120 valence electrons. The number of benzene rings is 1. The second-order valence-corrected chi connectivity index (χ2v) is 8.65. The van der Waals surface area contributed by atoms with Crippen LogP contribution in [0.3, 0.4) is 0 Å². The number of sulfone groups is 1. The first-order chi connectivity index (χ1) is 9.71. The summed E-state index contributed by atoms with van der Waals surface area (Å²) in [5.41, 5.74) is 6.51. The molecular formula is C15H25NO4S. The number of hydrogen-bond donors (Lipinski definition) is 1. The number of methoxy groups -OCH3 is 1. The Hall–Kier alpha value is -1.27. The van der Waals surface area contributed by atoms with Crippen molar-refractivity contribution < 1.29 is 17.9 Å². The van der Waals surface area contributed by atoms with Gasteiger partial charge >= 0.3 is 0 Å². The fraction of sp³-hybridized carbons (Fsp3) is 0.600. The highest BCUT2D eigenvalue weighted by Crippen LogP contribution is 2.25. The molecule has 0 saturated heterocycles. The fourth-order valence-corrected chi connectivity index (χ4v) is 2.66. The van der Waals surface area contributed by atoms with Crippen LogP contribution >= 0.6 is 0 Å². The average Bonchev–Trinajstić information content (AvgIpc) is 2.39. The van der Waals surface area contributed by atoms with Gasteiger partial charge < -0.3 is 15.2 Å². The minimum atomic E-state index is -3.18. The van der Waals surface area contributed by atoms with Gasteiger partial charge in [-0.1, -0.05) is 0 Å². The van der Waals surface area contributed by atoms with Gasteiger partial charge in [0.25, 0.3) is 0 Å². The lowest BCUT2D eigenvalue weighted by Crippen LogP contribution is -2.32. The molecule has 0 unspecified atom stereocenters. The SMILES string of the molecule is COc1ccc(OCCS(=O)(=O)C(C)(C)C)c(CCN)c1. The minimum Gasteiger partial charge on any atom is -0.497 e. The van der Waals surface area contributed by atoms with Crippen LogP contribution in [0.25, 0.3) is 0 Å². The van der Waals surface area contributed by atoms with Crippen LogP contribution in [-0.4, -0.2) is 39.2 Å². The van der Waals surface area contributed by atoms with Gasteiger partial charge in [-0.05, 0) is 57.5 Å². The van der Waals surface area contributed by atoms with Gasteiger partial charge in [0.15, 0.2) is 9.84 Å². The number of rotatable bonds is 7. The summed E-state index contributed by atoms with van der Waals surface area (Å²) in [5.74, 6) is 1.38. The van der Waals surface area contributed by atoms with Crippen molar-refractivity contribution in [2.24, 2.45) is 5.73 Å². The Morgan fingerprint density at radius 2 is 1.90 bits per heavy atom. The molecule has 0 atom stereocenters. The summed E-state index contributed by atoms with van der Waals surface area (Å²) in [6.07, 6.45) is 0.651. The van der Waals surface area contributed by atoms with Gasteiger partial charge in [-0.3, -0.25) is 0 Å². The van der Waals surface area contributed by atoms with E-state index in [1.807, 2.05) is 6.07 Å². The molecule has 0 heterocycles. The van der Waals surface area contributed by atoms with Crippen LogP contribution < -0.4 is 15.2 Å². The van der Waals surface area contributed by atoms with Gasteiger partial charge in [0.1, 0.15) is 18.1 Å². The third kappa shape index (κ3) is 4.89. The first-order valence-electron chi connectivity index (χ1n) is 6.93. The Morgan fingerprint density at radius 1 is 1.24 bits per heavy atom. The fourth-order valence-electron chi connectivity index (χ4n) is 1.74. The maximum absolute atomic E-state index is 12.0. The molecule has 0 radical (unpaired) electrons.